The number of benzene rings is 4. The van der Waals surface area contributed by atoms with Gasteiger partial charge in [-0.15, -0.1) is 0 Å². The van der Waals surface area contributed by atoms with E-state index in [1.54, 1.807) is 66.7 Å². The van der Waals surface area contributed by atoms with Crippen LogP contribution in [0.5, 0.6) is 0 Å². The number of rotatable bonds is 6. The zero-order valence-corrected chi connectivity index (χ0v) is 16.2. The van der Waals surface area contributed by atoms with Gasteiger partial charge in [0.05, 0.1) is 5.71 Å². The molecule has 0 amide bonds. The fraction of sp³-hybridized carbons (Fsp3) is 0. The molecule has 0 aliphatic carbocycles. The monoisotopic (exact) mass is 389 g/mol. The van der Waals surface area contributed by atoms with E-state index < -0.39 is 0 Å². The van der Waals surface area contributed by atoms with Gasteiger partial charge in [-0.05, 0) is 23.8 Å². The predicted molar refractivity (Wildman–Crippen MR) is 119 cm³/mol. The summed E-state index contributed by atoms with van der Waals surface area (Å²) in [5, 5.41) is 8.63. The average Bonchev–Trinajstić information content (AvgIpc) is 2.84. The predicted octanol–water partition coefficient (Wildman–Crippen LogP) is 5.56. The minimum atomic E-state index is -0.180. The molecule has 0 saturated carbocycles. The van der Waals surface area contributed by atoms with Crippen LogP contribution in [0.4, 0.5) is 0 Å². The van der Waals surface area contributed by atoms with Crippen LogP contribution in [0.25, 0.3) is 0 Å². The summed E-state index contributed by atoms with van der Waals surface area (Å²) in [5.41, 5.74) is 3.37. The van der Waals surface area contributed by atoms with E-state index in [4.69, 9.17) is 5.41 Å². The van der Waals surface area contributed by atoms with Crippen LogP contribution in [0.15, 0.2) is 109 Å². The summed E-state index contributed by atoms with van der Waals surface area (Å²) >= 11 is 0. The SMILES string of the molecule is N=C(c1ccccc1)c1cc(C(=O)c2ccccc2)cc(C(=O)c2ccccc2)c1. The van der Waals surface area contributed by atoms with Crippen molar-refractivity contribution in [2.24, 2.45) is 0 Å². The third-order valence-corrected chi connectivity index (χ3v) is 4.88. The van der Waals surface area contributed by atoms with Gasteiger partial charge in [0.1, 0.15) is 0 Å². The van der Waals surface area contributed by atoms with Gasteiger partial charge < -0.3 is 0 Å². The zero-order valence-electron chi connectivity index (χ0n) is 16.2. The molecular weight excluding hydrogens is 370 g/mol. The molecule has 4 aromatic carbocycles. The number of hydrogen-bond acceptors (Lipinski definition) is 3. The van der Waals surface area contributed by atoms with Crippen LogP contribution in [-0.4, -0.2) is 17.3 Å². The van der Waals surface area contributed by atoms with E-state index in [2.05, 4.69) is 0 Å². The van der Waals surface area contributed by atoms with Crippen LogP contribution < -0.4 is 0 Å². The Morgan fingerprint density at radius 3 is 1.17 bits per heavy atom. The van der Waals surface area contributed by atoms with Crippen LogP contribution in [0, 0.1) is 5.41 Å². The number of nitrogens with one attached hydrogen (secondary N) is 1. The van der Waals surface area contributed by atoms with E-state index >= 15 is 0 Å². The normalized spacial score (nSPS) is 10.4. The van der Waals surface area contributed by atoms with Gasteiger partial charge in [0.15, 0.2) is 11.6 Å². The van der Waals surface area contributed by atoms with Crippen LogP contribution in [0.1, 0.15) is 43.0 Å². The van der Waals surface area contributed by atoms with E-state index in [-0.39, 0.29) is 17.3 Å². The van der Waals surface area contributed by atoms with Crippen molar-refractivity contribution >= 4 is 17.3 Å². The van der Waals surface area contributed by atoms with Crippen LogP contribution in [0.3, 0.4) is 0 Å². The highest BCUT2D eigenvalue weighted by Crippen LogP contribution is 2.20. The molecule has 144 valence electrons. The lowest BCUT2D eigenvalue weighted by atomic mass is 9.92. The molecule has 0 heterocycles. The standard InChI is InChI=1S/C27H19NO2/c28-25(19-10-4-1-5-11-19)22-16-23(26(29)20-12-6-2-7-13-20)18-24(17-22)27(30)21-14-8-3-9-15-21/h1-18,28H. The summed E-state index contributed by atoms with van der Waals surface area (Å²) in [6.45, 7) is 0. The molecule has 0 saturated heterocycles. The topological polar surface area (TPSA) is 58.0 Å². The first-order valence-electron chi connectivity index (χ1n) is 9.62. The van der Waals surface area contributed by atoms with Crippen molar-refractivity contribution in [1.29, 1.82) is 5.41 Å². The molecule has 1 N–H and O–H groups in total. The zero-order chi connectivity index (χ0) is 20.9. The first kappa shape index (κ1) is 19.2. The molecule has 4 aromatic rings. The van der Waals surface area contributed by atoms with Crippen molar-refractivity contribution in [2.45, 2.75) is 0 Å². The second-order valence-electron chi connectivity index (χ2n) is 6.93. The van der Waals surface area contributed by atoms with Gasteiger partial charge in [0.25, 0.3) is 0 Å². The maximum Gasteiger partial charge on any atom is 0.193 e. The van der Waals surface area contributed by atoms with E-state index in [9.17, 15) is 9.59 Å². The fourth-order valence-electron chi connectivity index (χ4n) is 3.32. The van der Waals surface area contributed by atoms with E-state index in [0.717, 1.165) is 5.56 Å². The third kappa shape index (κ3) is 4.01. The summed E-state index contributed by atoms with van der Waals surface area (Å²) in [4.78, 5) is 26.2. The van der Waals surface area contributed by atoms with Gasteiger partial charge in [-0.25, -0.2) is 0 Å². The number of carbonyl (C=O) groups is 2. The maximum absolute atomic E-state index is 13.1. The molecule has 3 heteroatoms. The highest BCUT2D eigenvalue weighted by Gasteiger charge is 2.17. The van der Waals surface area contributed by atoms with Crippen molar-refractivity contribution in [3.05, 3.63) is 143 Å². The van der Waals surface area contributed by atoms with Crippen molar-refractivity contribution in [2.75, 3.05) is 0 Å². The second-order valence-corrected chi connectivity index (χ2v) is 6.93. The van der Waals surface area contributed by atoms with Crippen molar-refractivity contribution < 1.29 is 9.59 Å². The van der Waals surface area contributed by atoms with Crippen LogP contribution in [0.2, 0.25) is 0 Å². The summed E-state index contributed by atoms with van der Waals surface area (Å²) < 4.78 is 0. The number of ketones is 2. The Morgan fingerprint density at radius 1 is 0.433 bits per heavy atom. The Bertz CT molecular complexity index is 1050. The molecule has 0 aromatic heterocycles. The number of carbonyl (C=O) groups excluding carboxylic acids is 2. The first-order valence-corrected chi connectivity index (χ1v) is 9.62. The van der Waals surface area contributed by atoms with Crippen molar-refractivity contribution in [3.8, 4) is 0 Å². The van der Waals surface area contributed by atoms with Gasteiger partial charge in [0, 0.05) is 27.8 Å². The highest BCUT2D eigenvalue weighted by molar-refractivity contribution is 6.17. The molecule has 30 heavy (non-hydrogen) atoms. The van der Waals surface area contributed by atoms with Gasteiger partial charge in [-0.3, -0.25) is 15.0 Å². The van der Waals surface area contributed by atoms with Crippen molar-refractivity contribution in [1.82, 2.24) is 0 Å². The largest absolute Gasteiger partial charge is 0.300 e. The quantitative estimate of drug-likeness (QED) is 0.346. The lowest BCUT2D eigenvalue weighted by Crippen LogP contribution is -2.10. The van der Waals surface area contributed by atoms with E-state index in [1.807, 2.05) is 42.5 Å². The molecule has 0 spiro atoms. The summed E-state index contributed by atoms with van der Waals surface area (Å²) in [6, 6.07) is 32.2. The van der Waals surface area contributed by atoms with Gasteiger partial charge in [-0.2, -0.15) is 0 Å². The minimum absolute atomic E-state index is 0.180. The summed E-state index contributed by atoms with van der Waals surface area (Å²) in [7, 11) is 0. The Labute approximate surface area is 175 Å². The molecule has 0 radical (unpaired) electrons. The van der Waals surface area contributed by atoms with Crippen LogP contribution in [-0.2, 0) is 0 Å². The maximum atomic E-state index is 13.1. The molecule has 0 unspecified atom stereocenters. The lowest BCUT2D eigenvalue weighted by molar-refractivity contribution is 0.103. The lowest BCUT2D eigenvalue weighted by Gasteiger charge is -2.11. The second kappa shape index (κ2) is 8.50. The molecule has 4 rings (SSSR count). The van der Waals surface area contributed by atoms with Gasteiger partial charge >= 0.3 is 0 Å². The molecule has 0 aliphatic heterocycles. The average molecular weight is 389 g/mol. The Kier molecular flexibility index (Phi) is 5.44. The Balaban J connectivity index is 1.83. The van der Waals surface area contributed by atoms with E-state index in [1.165, 1.54) is 0 Å². The smallest absolute Gasteiger partial charge is 0.193 e. The molecule has 0 fully saturated rings. The molecule has 3 nitrogen and oxygen atoms in total. The Morgan fingerprint density at radius 2 is 0.767 bits per heavy atom. The van der Waals surface area contributed by atoms with Gasteiger partial charge in [-0.1, -0.05) is 91.0 Å². The third-order valence-electron chi connectivity index (χ3n) is 4.88. The van der Waals surface area contributed by atoms with Crippen molar-refractivity contribution in [3.63, 3.8) is 0 Å². The molecule has 0 bridgehead atoms. The summed E-state index contributed by atoms with van der Waals surface area (Å²) in [6.07, 6.45) is 0. The molecule has 0 atom stereocenters. The van der Waals surface area contributed by atoms with Gasteiger partial charge in [0.2, 0.25) is 0 Å². The first-order chi connectivity index (χ1) is 14.6. The van der Waals surface area contributed by atoms with Crippen LogP contribution >= 0.6 is 0 Å². The minimum Gasteiger partial charge on any atom is -0.300 e. The number of hydrogen-bond donors (Lipinski definition) is 1. The van der Waals surface area contributed by atoms with E-state index in [0.29, 0.717) is 27.8 Å². The molecule has 0 aliphatic rings. The molecular formula is C27H19NO2. The Hall–Kier alpha value is -4.11. The summed E-state index contributed by atoms with van der Waals surface area (Å²) in [5.74, 6) is -0.360. The fourth-order valence-corrected chi connectivity index (χ4v) is 3.32. The highest BCUT2D eigenvalue weighted by atomic mass is 16.1.